The smallest absolute Gasteiger partial charge is 0.334 e. The van der Waals surface area contributed by atoms with E-state index < -0.39 is 17.8 Å². The standard InChI is InChI=1S/C22H22N4O4/c27-19(11-10-17-9-6-12-23-15-17)24-13-4-5-14-25-20(28)21(29)26(22(25)30)16-18-7-2-1-3-8-18/h1-3,6-12,15H,4-5,13-14,16H2,(H,24,27)/b11-10-. The molecule has 8 heteroatoms. The Morgan fingerprint density at radius 3 is 2.47 bits per heavy atom. The highest BCUT2D eigenvalue weighted by atomic mass is 16.2. The van der Waals surface area contributed by atoms with Crippen molar-refractivity contribution in [2.24, 2.45) is 0 Å². The quantitative estimate of drug-likeness (QED) is 0.297. The first-order valence-corrected chi connectivity index (χ1v) is 9.63. The molecular weight excluding hydrogens is 384 g/mol. The zero-order valence-corrected chi connectivity index (χ0v) is 16.4. The maximum absolute atomic E-state index is 12.4. The molecule has 0 saturated carbocycles. The molecule has 1 aromatic heterocycles. The van der Waals surface area contributed by atoms with Gasteiger partial charge in [0.05, 0.1) is 6.54 Å². The number of pyridine rings is 1. The molecule has 0 aliphatic carbocycles. The van der Waals surface area contributed by atoms with Gasteiger partial charge in [-0.25, -0.2) is 4.79 Å². The molecule has 2 aromatic rings. The van der Waals surface area contributed by atoms with Crippen LogP contribution >= 0.6 is 0 Å². The van der Waals surface area contributed by atoms with E-state index >= 15 is 0 Å². The van der Waals surface area contributed by atoms with E-state index in [0.29, 0.717) is 19.4 Å². The van der Waals surface area contributed by atoms with E-state index in [1.165, 1.54) is 6.08 Å². The normalized spacial score (nSPS) is 14.1. The average molecular weight is 406 g/mol. The van der Waals surface area contributed by atoms with Crippen LogP contribution in [0.15, 0.2) is 60.9 Å². The lowest BCUT2D eigenvalue weighted by molar-refractivity contribution is -0.143. The van der Waals surface area contributed by atoms with E-state index in [1.807, 2.05) is 12.1 Å². The first-order chi connectivity index (χ1) is 14.6. The fourth-order valence-electron chi connectivity index (χ4n) is 2.96. The number of rotatable bonds is 9. The molecule has 1 aliphatic heterocycles. The molecule has 0 atom stereocenters. The zero-order valence-electron chi connectivity index (χ0n) is 16.4. The van der Waals surface area contributed by atoms with Gasteiger partial charge in [-0.3, -0.25) is 29.2 Å². The fraction of sp³-hybridized carbons (Fsp3) is 0.227. The number of benzene rings is 1. The van der Waals surface area contributed by atoms with Crippen molar-refractivity contribution in [3.8, 4) is 0 Å². The highest BCUT2D eigenvalue weighted by molar-refractivity contribution is 6.44. The SMILES string of the molecule is O=C(/C=C\c1cccnc1)NCCCCN1C(=O)C(=O)N(Cc2ccccc2)C1=O. The number of amides is 5. The summed E-state index contributed by atoms with van der Waals surface area (Å²) in [6, 6.07) is 12.0. The van der Waals surface area contributed by atoms with Crippen molar-refractivity contribution in [1.82, 2.24) is 20.1 Å². The maximum atomic E-state index is 12.4. The molecule has 1 N–H and O–H groups in total. The maximum Gasteiger partial charge on any atom is 0.334 e. The van der Waals surface area contributed by atoms with Gasteiger partial charge >= 0.3 is 17.8 Å². The molecule has 1 aliphatic rings. The highest BCUT2D eigenvalue weighted by Crippen LogP contribution is 2.16. The van der Waals surface area contributed by atoms with Crippen LogP contribution in [-0.4, -0.2) is 51.6 Å². The lowest BCUT2D eigenvalue weighted by Crippen LogP contribution is -2.34. The fourth-order valence-corrected chi connectivity index (χ4v) is 2.96. The summed E-state index contributed by atoms with van der Waals surface area (Å²) in [7, 11) is 0. The van der Waals surface area contributed by atoms with Crippen LogP contribution in [-0.2, 0) is 20.9 Å². The first-order valence-electron chi connectivity index (χ1n) is 9.63. The van der Waals surface area contributed by atoms with Gasteiger partial charge < -0.3 is 5.32 Å². The Morgan fingerprint density at radius 2 is 1.73 bits per heavy atom. The second-order valence-corrected chi connectivity index (χ2v) is 6.73. The second kappa shape index (κ2) is 10.1. The Kier molecular flexibility index (Phi) is 7.05. The molecule has 0 bridgehead atoms. The van der Waals surface area contributed by atoms with Crippen molar-refractivity contribution in [3.63, 3.8) is 0 Å². The third-order valence-electron chi connectivity index (χ3n) is 4.54. The summed E-state index contributed by atoms with van der Waals surface area (Å²) < 4.78 is 0. The summed E-state index contributed by atoms with van der Waals surface area (Å²) in [5.74, 6) is -1.85. The van der Waals surface area contributed by atoms with Crippen molar-refractivity contribution in [1.29, 1.82) is 0 Å². The predicted octanol–water partition coefficient (Wildman–Crippen LogP) is 1.98. The van der Waals surface area contributed by atoms with Crippen LogP contribution in [0, 0.1) is 0 Å². The summed E-state index contributed by atoms with van der Waals surface area (Å²) in [4.78, 5) is 54.4. The van der Waals surface area contributed by atoms with Crippen LogP contribution in [0.2, 0.25) is 0 Å². The number of hydrogen-bond donors (Lipinski definition) is 1. The largest absolute Gasteiger partial charge is 0.353 e. The van der Waals surface area contributed by atoms with Crippen molar-refractivity contribution < 1.29 is 19.2 Å². The zero-order chi connectivity index (χ0) is 21.3. The van der Waals surface area contributed by atoms with Gasteiger partial charge in [-0.1, -0.05) is 36.4 Å². The minimum absolute atomic E-state index is 0.0695. The van der Waals surface area contributed by atoms with Gasteiger partial charge in [0.1, 0.15) is 0 Å². The molecule has 30 heavy (non-hydrogen) atoms. The summed E-state index contributed by atoms with van der Waals surface area (Å²) in [6.07, 6.45) is 7.44. The number of nitrogens with one attached hydrogen (secondary N) is 1. The van der Waals surface area contributed by atoms with E-state index in [4.69, 9.17) is 0 Å². The van der Waals surface area contributed by atoms with Gasteiger partial charge in [-0.15, -0.1) is 0 Å². The number of nitrogens with zero attached hydrogens (tertiary/aromatic N) is 3. The summed E-state index contributed by atoms with van der Waals surface area (Å²) >= 11 is 0. The van der Waals surface area contributed by atoms with Crippen molar-refractivity contribution in [2.45, 2.75) is 19.4 Å². The van der Waals surface area contributed by atoms with Crippen LogP contribution in [0.5, 0.6) is 0 Å². The number of imide groups is 2. The van der Waals surface area contributed by atoms with Crippen molar-refractivity contribution >= 4 is 29.8 Å². The summed E-state index contributed by atoms with van der Waals surface area (Å²) in [6.45, 7) is 0.601. The first kappa shape index (κ1) is 20.9. The average Bonchev–Trinajstić information content (AvgIpc) is 2.97. The van der Waals surface area contributed by atoms with Gasteiger partial charge in [-0.05, 0) is 36.1 Å². The van der Waals surface area contributed by atoms with E-state index in [-0.39, 0.29) is 19.0 Å². The lowest BCUT2D eigenvalue weighted by Gasteiger charge is -2.15. The molecule has 0 unspecified atom stereocenters. The molecule has 3 rings (SSSR count). The highest BCUT2D eigenvalue weighted by Gasteiger charge is 2.43. The molecule has 1 fully saturated rings. The minimum atomic E-state index is -0.808. The molecular formula is C22H22N4O4. The minimum Gasteiger partial charge on any atom is -0.353 e. The van der Waals surface area contributed by atoms with E-state index in [1.54, 1.807) is 48.8 Å². The Morgan fingerprint density at radius 1 is 0.967 bits per heavy atom. The molecule has 1 saturated heterocycles. The molecule has 0 spiro atoms. The number of hydrogen-bond acceptors (Lipinski definition) is 5. The van der Waals surface area contributed by atoms with Crippen molar-refractivity contribution in [2.75, 3.05) is 13.1 Å². The predicted molar refractivity (Wildman–Crippen MR) is 110 cm³/mol. The Bertz CT molecular complexity index is 944. The molecule has 8 nitrogen and oxygen atoms in total. The number of carbonyl (C=O) groups excluding carboxylic acids is 4. The number of urea groups is 1. The van der Waals surface area contributed by atoms with Gasteiger partial charge in [0.2, 0.25) is 5.91 Å². The van der Waals surface area contributed by atoms with Gasteiger partial charge in [0, 0.05) is 31.6 Å². The lowest BCUT2D eigenvalue weighted by atomic mass is 10.2. The van der Waals surface area contributed by atoms with Gasteiger partial charge in [0.25, 0.3) is 0 Å². The number of unbranched alkanes of at least 4 members (excludes halogenated alkanes) is 1. The monoisotopic (exact) mass is 406 g/mol. The molecule has 0 radical (unpaired) electrons. The third-order valence-corrected chi connectivity index (χ3v) is 4.54. The number of carbonyl (C=O) groups is 4. The Labute approximate surface area is 174 Å². The van der Waals surface area contributed by atoms with E-state index in [9.17, 15) is 19.2 Å². The summed E-state index contributed by atoms with van der Waals surface area (Å²) in [5.41, 5.74) is 1.60. The van der Waals surface area contributed by atoms with Gasteiger partial charge in [-0.2, -0.15) is 0 Å². The van der Waals surface area contributed by atoms with Crippen LogP contribution in [0.25, 0.3) is 6.08 Å². The van der Waals surface area contributed by atoms with Gasteiger partial charge in [0.15, 0.2) is 0 Å². The third kappa shape index (κ3) is 5.38. The second-order valence-electron chi connectivity index (χ2n) is 6.73. The van der Waals surface area contributed by atoms with E-state index in [2.05, 4.69) is 10.3 Å². The number of aromatic nitrogens is 1. The Balaban J connectivity index is 1.40. The molecule has 154 valence electrons. The summed E-state index contributed by atoms with van der Waals surface area (Å²) in [5, 5.41) is 2.74. The van der Waals surface area contributed by atoms with E-state index in [0.717, 1.165) is 20.9 Å². The van der Waals surface area contributed by atoms with Crippen LogP contribution in [0.4, 0.5) is 4.79 Å². The topological polar surface area (TPSA) is 99.7 Å². The molecule has 5 amide bonds. The van der Waals surface area contributed by atoms with Crippen LogP contribution < -0.4 is 5.32 Å². The van der Waals surface area contributed by atoms with Crippen LogP contribution in [0.3, 0.4) is 0 Å². The Hall–Kier alpha value is -3.81. The van der Waals surface area contributed by atoms with Crippen LogP contribution in [0.1, 0.15) is 24.0 Å². The molecule has 1 aromatic carbocycles. The molecule has 2 heterocycles. The van der Waals surface area contributed by atoms with Crippen molar-refractivity contribution in [3.05, 3.63) is 72.1 Å².